The van der Waals surface area contributed by atoms with E-state index in [4.69, 9.17) is 5.26 Å². The number of amides is 1. The van der Waals surface area contributed by atoms with Crippen LogP contribution in [-0.2, 0) is 17.1 Å². The number of rotatable bonds is 5. The molecule has 2 aromatic rings. The number of carbonyl (C=O) groups excluding carboxylic acids is 1. The predicted octanol–water partition coefficient (Wildman–Crippen LogP) is 1.75. The van der Waals surface area contributed by atoms with Crippen molar-refractivity contribution in [2.75, 3.05) is 13.1 Å². The van der Waals surface area contributed by atoms with E-state index < -0.39 is 15.9 Å². The minimum absolute atomic E-state index is 0.101. The van der Waals surface area contributed by atoms with E-state index in [0.29, 0.717) is 24.3 Å². The van der Waals surface area contributed by atoms with Crippen LogP contribution in [0.5, 0.6) is 0 Å². The highest BCUT2D eigenvalue weighted by Gasteiger charge is 2.27. The Bertz CT molecular complexity index is 1070. The van der Waals surface area contributed by atoms with Crippen LogP contribution in [0, 0.1) is 18.3 Å². The van der Waals surface area contributed by atoms with Crippen molar-refractivity contribution in [3.63, 3.8) is 0 Å². The Kier molecular flexibility index (Phi) is 5.63. The predicted molar refractivity (Wildman–Crippen MR) is 104 cm³/mol. The van der Waals surface area contributed by atoms with Crippen LogP contribution in [0.25, 0.3) is 0 Å². The molecule has 0 unspecified atom stereocenters. The molecule has 8 nitrogen and oxygen atoms in total. The molecule has 0 saturated carbocycles. The Balaban J connectivity index is 1.74. The highest BCUT2D eigenvalue weighted by atomic mass is 32.2. The number of carbonyl (C=O) groups is 1. The third-order valence-corrected chi connectivity index (χ3v) is 6.75. The number of nitrogens with zero attached hydrogens (tertiary/aromatic N) is 4. The summed E-state index contributed by atoms with van der Waals surface area (Å²) < 4.78 is 28.5. The average molecular weight is 399 g/mol. The van der Waals surface area contributed by atoms with Crippen LogP contribution < -0.4 is 5.43 Å². The number of sulfonamides is 1. The van der Waals surface area contributed by atoms with Crippen molar-refractivity contribution in [2.45, 2.75) is 24.7 Å². The van der Waals surface area contributed by atoms with E-state index in [0.717, 1.165) is 18.5 Å². The first-order chi connectivity index (χ1) is 13.3. The van der Waals surface area contributed by atoms with E-state index in [1.54, 1.807) is 23.7 Å². The van der Waals surface area contributed by atoms with Crippen LogP contribution >= 0.6 is 0 Å². The first-order valence-corrected chi connectivity index (χ1v) is 10.3. The second-order valence-corrected chi connectivity index (χ2v) is 8.52. The Morgan fingerprint density at radius 1 is 1.29 bits per heavy atom. The van der Waals surface area contributed by atoms with Gasteiger partial charge in [0.2, 0.25) is 10.0 Å². The van der Waals surface area contributed by atoms with Gasteiger partial charge in [-0.1, -0.05) is 6.07 Å². The molecule has 28 heavy (non-hydrogen) atoms. The summed E-state index contributed by atoms with van der Waals surface area (Å²) in [6.45, 7) is 2.85. The number of nitriles is 1. The van der Waals surface area contributed by atoms with Gasteiger partial charge < -0.3 is 4.57 Å². The molecule has 1 fully saturated rings. The van der Waals surface area contributed by atoms with Crippen molar-refractivity contribution < 1.29 is 13.2 Å². The van der Waals surface area contributed by atoms with Crippen molar-refractivity contribution in [3.8, 4) is 6.07 Å². The molecule has 1 saturated heterocycles. The third-order valence-electron chi connectivity index (χ3n) is 4.86. The largest absolute Gasteiger partial charge is 0.339 e. The van der Waals surface area contributed by atoms with Crippen LogP contribution in [0.1, 0.15) is 40.2 Å². The van der Waals surface area contributed by atoms with E-state index in [1.807, 2.05) is 6.92 Å². The summed E-state index contributed by atoms with van der Waals surface area (Å²) in [6, 6.07) is 9.69. The molecule has 2 heterocycles. The Hall–Kier alpha value is -2.96. The molecule has 0 bridgehead atoms. The third kappa shape index (κ3) is 3.83. The normalized spacial score (nSPS) is 15.0. The summed E-state index contributed by atoms with van der Waals surface area (Å²) in [6.07, 6.45) is 3.15. The Labute approximate surface area is 164 Å². The zero-order chi connectivity index (χ0) is 20.3. The average Bonchev–Trinajstić information content (AvgIpc) is 3.33. The fourth-order valence-corrected chi connectivity index (χ4v) is 4.62. The van der Waals surface area contributed by atoms with Gasteiger partial charge >= 0.3 is 0 Å². The molecule has 146 valence electrons. The summed E-state index contributed by atoms with van der Waals surface area (Å²) in [4.78, 5) is 12.5. The number of aromatic nitrogens is 1. The van der Waals surface area contributed by atoms with Gasteiger partial charge in [0.15, 0.2) is 0 Å². The van der Waals surface area contributed by atoms with Gasteiger partial charge in [0.05, 0.1) is 11.1 Å². The molecule has 0 aliphatic carbocycles. The minimum atomic E-state index is -3.59. The molecule has 0 spiro atoms. The number of benzene rings is 1. The highest BCUT2D eigenvalue weighted by molar-refractivity contribution is 7.89. The molecule has 1 amide bonds. The molecule has 0 atom stereocenters. The first-order valence-electron chi connectivity index (χ1n) is 8.84. The Morgan fingerprint density at radius 2 is 2.00 bits per heavy atom. The smallest absolute Gasteiger partial charge is 0.271 e. The lowest BCUT2D eigenvalue weighted by Gasteiger charge is -2.15. The van der Waals surface area contributed by atoms with Gasteiger partial charge in [0.25, 0.3) is 5.91 Å². The van der Waals surface area contributed by atoms with E-state index >= 15 is 0 Å². The lowest BCUT2D eigenvalue weighted by molar-refractivity contribution is 0.0955. The van der Waals surface area contributed by atoms with Crippen molar-refractivity contribution in [1.29, 1.82) is 5.26 Å². The molecule has 1 aromatic carbocycles. The summed E-state index contributed by atoms with van der Waals surface area (Å²) in [5.74, 6) is -0.510. The lowest BCUT2D eigenvalue weighted by atomic mass is 10.2. The zero-order valence-electron chi connectivity index (χ0n) is 15.7. The second kappa shape index (κ2) is 7.96. The molecule has 1 aromatic heterocycles. The van der Waals surface area contributed by atoms with Gasteiger partial charge in [0.1, 0.15) is 11.8 Å². The van der Waals surface area contributed by atoms with Gasteiger partial charge in [-0.15, -0.1) is 0 Å². The maximum absolute atomic E-state index is 12.6. The SMILES string of the molecule is Cc1c(/C=N\NC(=O)c2cccc(S(=O)(=O)N3CCCC3)c2)cc(C#N)n1C. The van der Waals surface area contributed by atoms with Crippen molar-refractivity contribution >= 4 is 22.1 Å². The number of hydrogen-bond acceptors (Lipinski definition) is 5. The highest BCUT2D eigenvalue weighted by Crippen LogP contribution is 2.21. The van der Waals surface area contributed by atoms with Crippen LogP contribution in [0.15, 0.2) is 40.3 Å². The maximum Gasteiger partial charge on any atom is 0.271 e. The van der Waals surface area contributed by atoms with Gasteiger partial charge in [-0.25, -0.2) is 13.8 Å². The Morgan fingerprint density at radius 3 is 2.64 bits per heavy atom. The van der Waals surface area contributed by atoms with Gasteiger partial charge in [-0.2, -0.15) is 14.7 Å². The van der Waals surface area contributed by atoms with Crippen molar-refractivity contribution in [1.82, 2.24) is 14.3 Å². The van der Waals surface area contributed by atoms with E-state index in [-0.39, 0.29) is 10.5 Å². The summed E-state index contributed by atoms with van der Waals surface area (Å²) in [5, 5.41) is 13.0. The molecular formula is C19H21N5O3S. The van der Waals surface area contributed by atoms with Crippen LogP contribution in [0.4, 0.5) is 0 Å². The maximum atomic E-state index is 12.6. The van der Waals surface area contributed by atoms with Crippen LogP contribution in [-0.4, -0.2) is 42.5 Å². The number of hydrogen-bond donors (Lipinski definition) is 1. The van der Waals surface area contributed by atoms with Crippen molar-refractivity contribution in [3.05, 3.63) is 52.8 Å². The fourth-order valence-electron chi connectivity index (χ4n) is 3.06. The van der Waals surface area contributed by atoms with E-state index in [2.05, 4.69) is 16.6 Å². The van der Waals surface area contributed by atoms with Gasteiger partial charge in [0, 0.05) is 37.0 Å². The fraction of sp³-hybridized carbons (Fsp3) is 0.316. The quantitative estimate of drug-likeness (QED) is 0.610. The summed E-state index contributed by atoms with van der Waals surface area (Å²) in [5.41, 5.74) is 4.65. The minimum Gasteiger partial charge on any atom is -0.339 e. The lowest BCUT2D eigenvalue weighted by Crippen LogP contribution is -2.28. The molecular weight excluding hydrogens is 378 g/mol. The molecule has 3 rings (SSSR count). The monoisotopic (exact) mass is 399 g/mol. The first kappa shape index (κ1) is 19.8. The molecule has 1 N–H and O–H groups in total. The molecule has 9 heteroatoms. The van der Waals surface area contributed by atoms with Crippen LogP contribution in [0.2, 0.25) is 0 Å². The van der Waals surface area contributed by atoms with Crippen molar-refractivity contribution in [2.24, 2.45) is 12.1 Å². The number of hydrazone groups is 1. The standard InChI is InChI=1S/C19H21N5O3S/c1-14-16(10-17(12-20)23(14)2)13-21-22-19(25)15-6-5-7-18(11-15)28(26,27)24-8-3-4-9-24/h5-7,10-11,13H,3-4,8-9H2,1-2H3,(H,22,25)/b21-13-. The van der Waals surface area contributed by atoms with Crippen LogP contribution in [0.3, 0.4) is 0 Å². The second-order valence-electron chi connectivity index (χ2n) is 6.58. The molecule has 1 aliphatic heterocycles. The summed E-state index contributed by atoms with van der Waals surface area (Å²) in [7, 11) is -1.81. The topological polar surface area (TPSA) is 108 Å². The zero-order valence-corrected chi connectivity index (χ0v) is 16.5. The van der Waals surface area contributed by atoms with E-state index in [1.165, 1.54) is 28.7 Å². The molecule has 1 aliphatic rings. The number of nitrogens with one attached hydrogen (secondary N) is 1. The molecule has 0 radical (unpaired) electrons. The summed E-state index contributed by atoms with van der Waals surface area (Å²) >= 11 is 0. The van der Waals surface area contributed by atoms with Gasteiger partial charge in [-0.05, 0) is 44.0 Å². The van der Waals surface area contributed by atoms with E-state index in [9.17, 15) is 13.2 Å². The van der Waals surface area contributed by atoms with Gasteiger partial charge in [-0.3, -0.25) is 4.79 Å².